The van der Waals surface area contributed by atoms with Crippen LogP contribution in [0.5, 0.6) is 0 Å². The summed E-state index contributed by atoms with van der Waals surface area (Å²) in [5.74, 6) is 0. The van der Waals surface area contributed by atoms with Gasteiger partial charge < -0.3 is 0 Å². The van der Waals surface area contributed by atoms with Gasteiger partial charge in [0.05, 0.1) is 10.6 Å². The highest BCUT2D eigenvalue weighted by atomic mass is 79.9. The SMILES string of the molecule is Cc1cccc(S(=O)(=O)Nc2ccccc2CBr)c1. The second-order valence-electron chi connectivity index (χ2n) is 4.21. The summed E-state index contributed by atoms with van der Waals surface area (Å²) < 4.78 is 27.2. The standard InChI is InChI=1S/C14H14BrNO2S/c1-11-5-4-7-13(9-11)19(17,18)16-14-8-3-2-6-12(14)10-15/h2-9,16H,10H2,1H3. The van der Waals surface area contributed by atoms with Crippen molar-refractivity contribution in [3.05, 3.63) is 59.7 Å². The molecule has 0 aliphatic carbocycles. The van der Waals surface area contributed by atoms with Gasteiger partial charge in [-0.05, 0) is 36.2 Å². The molecule has 3 nitrogen and oxygen atoms in total. The van der Waals surface area contributed by atoms with Gasteiger partial charge in [0.1, 0.15) is 0 Å². The van der Waals surface area contributed by atoms with Crippen LogP contribution in [0.2, 0.25) is 0 Å². The molecule has 0 fully saturated rings. The Balaban J connectivity index is 2.37. The van der Waals surface area contributed by atoms with E-state index in [2.05, 4.69) is 20.7 Å². The summed E-state index contributed by atoms with van der Waals surface area (Å²) >= 11 is 3.35. The van der Waals surface area contributed by atoms with Gasteiger partial charge in [0.2, 0.25) is 0 Å². The number of halogens is 1. The molecule has 2 aromatic carbocycles. The third kappa shape index (κ3) is 3.36. The fraction of sp³-hybridized carbons (Fsp3) is 0.143. The minimum Gasteiger partial charge on any atom is -0.279 e. The maximum Gasteiger partial charge on any atom is 0.261 e. The first kappa shape index (κ1) is 14.1. The van der Waals surface area contributed by atoms with E-state index in [0.29, 0.717) is 11.0 Å². The van der Waals surface area contributed by atoms with Crippen molar-refractivity contribution >= 4 is 31.6 Å². The number of aryl methyl sites for hydroxylation is 1. The molecule has 0 saturated carbocycles. The van der Waals surface area contributed by atoms with Gasteiger partial charge in [-0.2, -0.15) is 0 Å². The molecule has 100 valence electrons. The normalized spacial score (nSPS) is 11.3. The quantitative estimate of drug-likeness (QED) is 0.863. The molecule has 2 rings (SSSR count). The summed E-state index contributed by atoms with van der Waals surface area (Å²) in [5, 5.41) is 0.597. The zero-order valence-electron chi connectivity index (χ0n) is 10.4. The second-order valence-corrected chi connectivity index (χ2v) is 6.46. The average Bonchev–Trinajstić information content (AvgIpc) is 2.39. The van der Waals surface area contributed by atoms with Crippen LogP contribution in [0.15, 0.2) is 53.4 Å². The molecule has 0 aliphatic rings. The van der Waals surface area contributed by atoms with Crippen molar-refractivity contribution < 1.29 is 8.42 Å². The Bertz CT molecular complexity index is 683. The lowest BCUT2D eigenvalue weighted by Gasteiger charge is -2.11. The van der Waals surface area contributed by atoms with Crippen molar-refractivity contribution in [2.75, 3.05) is 4.72 Å². The molecular weight excluding hydrogens is 326 g/mol. The Morgan fingerprint density at radius 2 is 1.84 bits per heavy atom. The summed E-state index contributed by atoms with van der Waals surface area (Å²) in [4.78, 5) is 0.275. The van der Waals surface area contributed by atoms with E-state index in [9.17, 15) is 8.42 Å². The van der Waals surface area contributed by atoms with Crippen LogP contribution < -0.4 is 4.72 Å². The predicted molar refractivity (Wildman–Crippen MR) is 81.1 cm³/mol. The maximum absolute atomic E-state index is 12.3. The summed E-state index contributed by atoms with van der Waals surface area (Å²) in [7, 11) is -3.54. The van der Waals surface area contributed by atoms with Crippen molar-refractivity contribution in [1.29, 1.82) is 0 Å². The van der Waals surface area contributed by atoms with Gasteiger partial charge in [-0.25, -0.2) is 8.42 Å². The number of alkyl halides is 1. The van der Waals surface area contributed by atoms with Crippen molar-refractivity contribution in [3.63, 3.8) is 0 Å². The molecule has 0 unspecified atom stereocenters. The van der Waals surface area contributed by atoms with Crippen LogP contribution in [0.3, 0.4) is 0 Å². The number of sulfonamides is 1. The summed E-state index contributed by atoms with van der Waals surface area (Å²) in [6, 6.07) is 14.2. The van der Waals surface area contributed by atoms with E-state index in [4.69, 9.17) is 0 Å². The van der Waals surface area contributed by atoms with E-state index in [-0.39, 0.29) is 4.90 Å². The number of hydrogen-bond donors (Lipinski definition) is 1. The smallest absolute Gasteiger partial charge is 0.261 e. The number of rotatable bonds is 4. The van der Waals surface area contributed by atoms with Crippen molar-refractivity contribution in [2.24, 2.45) is 0 Å². The van der Waals surface area contributed by atoms with Gasteiger partial charge in [0.25, 0.3) is 10.0 Å². The minimum absolute atomic E-state index is 0.275. The summed E-state index contributed by atoms with van der Waals surface area (Å²) in [6.45, 7) is 1.87. The Kier molecular flexibility index (Phi) is 4.27. The van der Waals surface area contributed by atoms with Crippen molar-refractivity contribution in [3.8, 4) is 0 Å². The minimum atomic E-state index is -3.54. The zero-order chi connectivity index (χ0) is 13.9. The van der Waals surface area contributed by atoms with E-state index < -0.39 is 10.0 Å². The third-order valence-electron chi connectivity index (χ3n) is 2.71. The largest absolute Gasteiger partial charge is 0.279 e. The van der Waals surface area contributed by atoms with Crippen LogP contribution in [-0.4, -0.2) is 8.42 Å². The number of anilines is 1. The lowest BCUT2D eigenvalue weighted by Crippen LogP contribution is -2.14. The Hall–Kier alpha value is -1.33. The van der Waals surface area contributed by atoms with Crippen LogP contribution in [0.25, 0.3) is 0 Å². The molecule has 0 bridgehead atoms. The Labute approximate surface area is 121 Å². The van der Waals surface area contributed by atoms with Crippen LogP contribution in [0, 0.1) is 6.92 Å². The highest BCUT2D eigenvalue weighted by molar-refractivity contribution is 9.08. The zero-order valence-corrected chi connectivity index (χ0v) is 12.8. The monoisotopic (exact) mass is 339 g/mol. The molecule has 0 aromatic heterocycles. The fourth-order valence-electron chi connectivity index (χ4n) is 1.72. The van der Waals surface area contributed by atoms with E-state index in [1.807, 2.05) is 25.1 Å². The molecule has 19 heavy (non-hydrogen) atoms. The van der Waals surface area contributed by atoms with Gasteiger partial charge in [0.15, 0.2) is 0 Å². The Morgan fingerprint density at radius 1 is 1.11 bits per heavy atom. The van der Waals surface area contributed by atoms with Crippen LogP contribution >= 0.6 is 15.9 Å². The first-order valence-corrected chi connectivity index (χ1v) is 8.37. The first-order valence-electron chi connectivity index (χ1n) is 5.76. The first-order chi connectivity index (χ1) is 9.03. The number of nitrogens with one attached hydrogen (secondary N) is 1. The number of hydrogen-bond acceptors (Lipinski definition) is 2. The van der Waals surface area contributed by atoms with Crippen LogP contribution in [-0.2, 0) is 15.4 Å². The highest BCUT2D eigenvalue weighted by Gasteiger charge is 2.15. The molecule has 2 aromatic rings. The lowest BCUT2D eigenvalue weighted by atomic mass is 10.2. The van der Waals surface area contributed by atoms with Gasteiger partial charge in [-0.15, -0.1) is 0 Å². The molecule has 0 saturated heterocycles. The molecule has 0 heterocycles. The maximum atomic E-state index is 12.3. The summed E-state index contributed by atoms with van der Waals surface area (Å²) in [6.07, 6.45) is 0. The van der Waals surface area contributed by atoms with Gasteiger partial charge in [0, 0.05) is 5.33 Å². The van der Waals surface area contributed by atoms with E-state index in [0.717, 1.165) is 11.1 Å². The number of benzene rings is 2. The van der Waals surface area contributed by atoms with Crippen molar-refractivity contribution in [2.45, 2.75) is 17.1 Å². The number of para-hydroxylation sites is 1. The lowest BCUT2D eigenvalue weighted by molar-refractivity contribution is 0.601. The molecule has 5 heteroatoms. The van der Waals surface area contributed by atoms with E-state index in [1.165, 1.54) is 0 Å². The molecule has 1 N–H and O–H groups in total. The third-order valence-corrected chi connectivity index (χ3v) is 4.67. The van der Waals surface area contributed by atoms with Gasteiger partial charge >= 0.3 is 0 Å². The molecule has 0 amide bonds. The molecular formula is C14H14BrNO2S. The van der Waals surface area contributed by atoms with Gasteiger partial charge in [-0.1, -0.05) is 46.3 Å². The second kappa shape index (κ2) is 5.75. The average molecular weight is 340 g/mol. The van der Waals surface area contributed by atoms with Gasteiger partial charge in [-0.3, -0.25) is 4.72 Å². The van der Waals surface area contributed by atoms with Crippen LogP contribution in [0.1, 0.15) is 11.1 Å². The molecule has 0 atom stereocenters. The predicted octanol–water partition coefficient (Wildman–Crippen LogP) is 3.69. The Morgan fingerprint density at radius 3 is 2.53 bits per heavy atom. The fourth-order valence-corrected chi connectivity index (χ4v) is 3.42. The highest BCUT2D eigenvalue weighted by Crippen LogP contribution is 2.22. The topological polar surface area (TPSA) is 46.2 Å². The molecule has 0 aliphatic heterocycles. The van der Waals surface area contributed by atoms with Crippen molar-refractivity contribution in [1.82, 2.24) is 0 Å². The van der Waals surface area contributed by atoms with E-state index >= 15 is 0 Å². The summed E-state index contributed by atoms with van der Waals surface area (Å²) in [5.41, 5.74) is 2.41. The van der Waals surface area contributed by atoms with Crippen LogP contribution in [0.4, 0.5) is 5.69 Å². The molecule has 0 spiro atoms. The van der Waals surface area contributed by atoms with E-state index in [1.54, 1.807) is 30.3 Å². The molecule has 0 radical (unpaired) electrons.